The van der Waals surface area contributed by atoms with Crippen LogP contribution in [-0.4, -0.2) is 38.2 Å². The van der Waals surface area contributed by atoms with Crippen molar-refractivity contribution in [3.8, 4) is 6.07 Å². The molecule has 0 amide bonds. The molecule has 0 saturated carbocycles. The minimum atomic E-state index is -1.06. The number of aryl methyl sites for hydroxylation is 2. The number of pyridine rings is 1. The number of fused-ring (bicyclic) bond motifs is 1. The van der Waals surface area contributed by atoms with E-state index in [0.717, 1.165) is 25.0 Å². The van der Waals surface area contributed by atoms with Crippen molar-refractivity contribution in [1.82, 2.24) is 20.0 Å². The zero-order chi connectivity index (χ0) is 17.6. The molecule has 4 rings (SSSR count). The lowest BCUT2D eigenvalue weighted by Crippen LogP contribution is -2.32. The Morgan fingerprint density at radius 1 is 1.36 bits per heavy atom. The van der Waals surface area contributed by atoms with Gasteiger partial charge in [0.05, 0.1) is 18.3 Å². The molecule has 3 heterocycles. The van der Waals surface area contributed by atoms with Gasteiger partial charge >= 0.3 is 0 Å². The number of hydrogen-bond acceptors (Lipinski definition) is 6. The summed E-state index contributed by atoms with van der Waals surface area (Å²) in [4.78, 5) is 6.76. The van der Waals surface area contributed by atoms with Crippen molar-refractivity contribution in [2.24, 2.45) is 0 Å². The predicted octanol–water partition coefficient (Wildman–Crippen LogP) is 1.71. The van der Waals surface area contributed by atoms with E-state index in [1.807, 2.05) is 31.0 Å². The summed E-state index contributed by atoms with van der Waals surface area (Å²) in [6.07, 6.45) is 5.43. The van der Waals surface area contributed by atoms with E-state index in [-0.39, 0.29) is 6.04 Å². The normalized spacial score (nSPS) is 22.4. The van der Waals surface area contributed by atoms with Crippen LogP contribution in [0.3, 0.4) is 0 Å². The molecule has 25 heavy (non-hydrogen) atoms. The molecule has 0 unspecified atom stereocenters. The summed E-state index contributed by atoms with van der Waals surface area (Å²) in [5.41, 5.74) is 2.41. The number of rotatable bonds is 3. The SMILES string of the molecule is CC(C)n1cc([C@@]2(O)CCN(c3nc4c(cc3C#N)CCC4)C2)nn1. The average Bonchev–Trinajstić information content (AvgIpc) is 3.32. The molecule has 2 aliphatic rings. The summed E-state index contributed by atoms with van der Waals surface area (Å²) < 4.78 is 1.75. The molecule has 1 aliphatic heterocycles. The van der Waals surface area contributed by atoms with Gasteiger partial charge in [0.2, 0.25) is 0 Å². The highest BCUT2D eigenvalue weighted by Crippen LogP contribution is 2.35. The Bertz CT molecular complexity index is 852. The van der Waals surface area contributed by atoms with Gasteiger partial charge in [-0.3, -0.25) is 0 Å². The predicted molar refractivity (Wildman–Crippen MR) is 92.1 cm³/mol. The van der Waals surface area contributed by atoms with E-state index in [2.05, 4.69) is 16.4 Å². The Kier molecular flexibility index (Phi) is 3.73. The molecule has 2 aromatic rings. The van der Waals surface area contributed by atoms with E-state index in [4.69, 9.17) is 4.98 Å². The third-order valence-electron chi connectivity index (χ3n) is 5.21. The molecular formula is C18H22N6O. The summed E-state index contributed by atoms with van der Waals surface area (Å²) in [6, 6.07) is 4.44. The highest BCUT2D eigenvalue weighted by molar-refractivity contribution is 5.58. The van der Waals surface area contributed by atoms with E-state index in [0.29, 0.717) is 36.6 Å². The van der Waals surface area contributed by atoms with Gasteiger partial charge in [-0.15, -0.1) is 5.10 Å². The Labute approximate surface area is 146 Å². The van der Waals surface area contributed by atoms with E-state index in [1.165, 1.54) is 5.56 Å². The number of nitriles is 1. The molecule has 0 aromatic carbocycles. The van der Waals surface area contributed by atoms with Crippen molar-refractivity contribution in [2.75, 3.05) is 18.0 Å². The number of anilines is 1. The largest absolute Gasteiger partial charge is 0.381 e. The van der Waals surface area contributed by atoms with E-state index < -0.39 is 5.60 Å². The molecule has 1 saturated heterocycles. The lowest BCUT2D eigenvalue weighted by Gasteiger charge is -2.23. The van der Waals surface area contributed by atoms with Crippen molar-refractivity contribution in [1.29, 1.82) is 5.26 Å². The zero-order valence-electron chi connectivity index (χ0n) is 14.6. The van der Waals surface area contributed by atoms with Gasteiger partial charge in [-0.2, -0.15) is 5.26 Å². The molecule has 0 radical (unpaired) electrons. The zero-order valence-corrected chi connectivity index (χ0v) is 14.6. The number of hydrogen-bond donors (Lipinski definition) is 1. The second kappa shape index (κ2) is 5.81. The van der Waals surface area contributed by atoms with Crippen LogP contribution in [0.5, 0.6) is 0 Å². The summed E-state index contributed by atoms with van der Waals surface area (Å²) >= 11 is 0. The van der Waals surface area contributed by atoms with E-state index >= 15 is 0 Å². The maximum atomic E-state index is 11.1. The fourth-order valence-electron chi connectivity index (χ4n) is 3.71. The molecule has 1 aliphatic carbocycles. The van der Waals surface area contributed by atoms with Crippen LogP contribution >= 0.6 is 0 Å². The average molecular weight is 338 g/mol. The first-order valence-electron chi connectivity index (χ1n) is 8.83. The third kappa shape index (κ3) is 2.67. The Hall–Kier alpha value is -2.46. The first-order chi connectivity index (χ1) is 12.0. The van der Waals surface area contributed by atoms with Gasteiger partial charge < -0.3 is 10.0 Å². The molecule has 130 valence electrons. The van der Waals surface area contributed by atoms with Crippen LogP contribution < -0.4 is 4.90 Å². The molecule has 7 heteroatoms. The van der Waals surface area contributed by atoms with Crippen molar-refractivity contribution in [2.45, 2.75) is 51.2 Å². The Balaban J connectivity index is 1.63. The van der Waals surface area contributed by atoms with Crippen molar-refractivity contribution in [3.63, 3.8) is 0 Å². The molecule has 0 spiro atoms. The Morgan fingerprint density at radius 2 is 2.20 bits per heavy atom. The smallest absolute Gasteiger partial charge is 0.146 e. The van der Waals surface area contributed by atoms with E-state index in [9.17, 15) is 10.4 Å². The topological polar surface area (TPSA) is 90.9 Å². The lowest BCUT2D eigenvalue weighted by atomic mass is 10.00. The van der Waals surface area contributed by atoms with Gasteiger partial charge in [-0.05, 0) is 44.7 Å². The highest BCUT2D eigenvalue weighted by Gasteiger charge is 2.41. The molecule has 1 N–H and O–H groups in total. The number of nitrogens with zero attached hydrogens (tertiary/aromatic N) is 6. The summed E-state index contributed by atoms with van der Waals surface area (Å²) in [7, 11) is 0. The van der Waals surface area contributed by atoms with Crippen LogP contribution in [0.2, 0.25) is 0 Å². The van der Waals surface area contributed by atoms with Gasteiger partial charge in [-0.25, -0.2) is 9.67 Å². The van der Waals surface area contributed by atoms with E-state index in [1.54, 1.807) is 4.68 Å². The summed E-state index contributed by atoms with van der Waals surface area (Å²) in [5, 5.41) is 28.9. The van der Waals surface area contributed by atoms with Gasteiger partial charge in [-0.1, -0.05) is 5.21 Å². The minimum Gasteiger partial charge on any atom is -0.381 e. The molecule has 2 aromatic heterocycles. The van der Waals surface area contributed by atoms with Crippen LogP contribution in [0.4, 0.5) is 5.82 Å². The molecule has 1 fully saturated rings. The maximum absolute atomic E-state index is 11.1. The van der Waals surface area contributed by atoms with Crippen molar-refractivity contribution < 1.29 is 5.11 Å². The summed E-state index contributed by atoms with van der Waals surface area (Å²) in [5.74, 6) is 0.690. The number of aromatic nitrogens is 4. The lowest BCUT2D eigenvalue weighted by molar-refractivity contribution is 0.0559. The van der Waals surface area contributed by atoms with Gasteiger partial charge in [0.25, 0.3) is 0 Å². The van der Waals surface area contributed by atoms with Gasteiger partial charge in [0.15, 0.2) is 0 Å². The van der Waals surface area contributed by atoms with Crippen molar-refractivity contribution in [3.05, 3.63) is 34.8 Å². The first-order valence-corrected chi connectivity index (χ1v) is 8.83. The van der Waals surface area contributed by atoms with Crippen LogP contribution in [-0.2, 0) is 18.4 Å². The second-order valence-corrected chi connectivity index (χ2v) is 7.31. The number of aliphatic hydroxyl groups is 1. The van der Waals surface area contributed by atoms with Crippen LogP contribution in [0.1, 0.15) is 55.2 Å². The van der Waals surface area contributed by atoms with Gasteiger partial charge in [0.1, 0.15) is 23.2 Å². The first kappa shape index (κ1) is 16.0. The molecule has 1 atom stereocenters. The minimum absolute atomic E-state index is 0.200. The molecular weight excluding hydrogens is 316 g/mol. The molecule has 7 nitrogen and oxygen atoms in total. The highest BCUT2D eigenvalue weighted by atomic mass is 16.3. The van der Waals surface area contributed by atoms with Crippen LogP contribution in [0.25, 0.3) is 0 Å². The second-order valence-electron chi connectivity index (χ2n) is 7.31. The summed E-state index contributed by atoms with van der Waals surface area (Å²) in [6.45, 7) is 5.07. The monoisotopic (exact) mass is 338 g/mol. The fourth-order valence-corrected chi connectivity index (χ4v) is 3.71. The molecule has 0 bridgehead atoms. The third-order valence-corrected chi connectivity index (χ3v) is 5.21. The fraction of sp³-hybridized carbons (Fsp3) is 0.556. The quantitative estimate of drug-likeness (QED) is 0.916. The maximum Gasteiger partial charge on any atom is 0.146 e. The van der Waals surface area contributed by atoms with Crippen LogP contribution in [0.15, 0.2) is 12.3 Å². The van der Waals surface area contributed by atoms with Crippen molar-refractivity contribution >= 4 is 5.82 Å². The standard InChI is InChI=1S/C18H22N6O/c1-12(2)24-10-16(21-22-24)18(25)6-7-23(11-18)17-14(9-19)8-13-4-3-5-15(13)20-17/h8,10,12,25H,3-7,11H2,1-2H3/t18-/m1/s1. The Morgan fingerprint density at radius 3 is 2.92 bits per heavy atom. The number of β-amino-alcohol motifs (C(OH)–C–C–N with tert-alkyl or cyclic N) is 1. The van der Waals surface area contributed by atoms with Crippen LogP contribution in [0, 0.1) is 11.3 Å². The van der Waals surface area contributed by atoms with Gasteiger partial charge in [0, 0.05) is 24.7 Å².